The molecule has 13 heavy (non-hydrogen) atoms. The van der Waals surface area contributed by atoms with Gasteiger partial charge in [0, 0.05) is 12.4 Å². The molecule has 0 aliphatic rings. The minimum atomic E-state index is 0.784. The molecule has 3 heteroatoms. The van der Waals surface area contributed by atoms with Gasteiger partial charge in [0.05, 0.1) is 17.2 Å². The lowest BCUT2D eigenvalue weighted by Gasteiger charge is -1.99. The Morgan fingerprint density at radius 1 is 1.08 bits per heavy atom. The standard InChI is InChI=1S/C10H7N3/c1-4-9-10(11-5-1)12-7-8-3-2-6-13(8)9/h1-7H. The Hall–Kier alpha value is -1.90. The first-order valence-corrected chi connectivity index (χ1v) is 4.12. The van der Waals surface area contributed by atoms with Crippen LogP contribution in [0.5, 0.6) is 0 Å². The second-order valence-electron chi connectivity index (χ2n) is 2.91. The molecule has 0 unspecified atom stereocenters. The van der Waals surface area contributed by atoms with E-state index in [2.05, 4.69) is 14.4 Å². The summed E-state index contributed by atoms with van der Waals surface area (Å²) in [5.74, 6) is 0. The van der Waals surface area contributed by atoms with Crippen LogP contribution < -0.4 is 0 Å². The van der Waals surface area contributed by atoms with Crippen molar-refractivity contribution in [3.8, 4) is 0 Å². The summed E-state index contributed by atoms with van der Waals surface area (Å²) in [5, 5.41) is 0. The number of hydrogen-bond acceptors (Lipinski definition) is 2. The lowest BCUT2D eigenvalue weighted by molar-refractivity contribution is 1.19. The van der Waals surface area contributed by atoms with Gasteiger partial charge in [0.15, 0.2) is 5.65 Å². The van der Waals surface area contributed by atoms with Gasteiger partial charge in [-0.25, -0.2) is 9.97 Å². The molecule has 3 rings (SSSR count). The molecule has 0 fully saturated rings. The number of hydrogen-bond donors (Lipinski definition) is 0. The van der Waals surface area contributed by atoms with E-state index in [1.807, 2.05) is 36.7 Å². The first-order valence-electron chi connectivity index (χ1n) is 4.12. The smallest absolute Gasteiger partial charge is 0.176 e. The van der Waals surface area contributed by atoms with Gasteiger partial charge in [0.25, 0.3) is 0 Å². The molecule has 3 nitrogen and oxygen atoms in total. The van der Waals surface area contributed by atoms with E-state index in [0.29, 0.717) is 0 Å². The molecule has 3 heterocycles. The maximum atomic E-state index is 4.25. The summed E-state index contributed by atoms with van der Waals surface area (Å²) in [4.78, 5) is 8.43. The molecule has 3 aromatic heterocycles. The van der Waals surface area contributed by atoms with Crippen molar-refractivity contribution in [2.45, 2.75) is 0 Å². The summed E-state index contributed by atoms with van der Waals surface area (Å²) in [6.45, 7) is 0. The van der Waals surface area contributed by atoms with Gasteiger partial charge in [0.2, 0.25) is 0 Å². The molecule has 0 aromatic carbocycles. The minimum Gasteiger partial charge on any atom is -0.312 e. The molecular formula is C10H7N3. The SMILES string of the molecule is c1cnc2ncc3cccn3c2c1. The predicted octanol–water partition coefficient (Wildman–Crippen LogP) is 1.88. The molecule has 0 amide bonds. The van der Waals surface area contributed by atoms with Crippen LogP contribution in [-0.4, -0.2) is 14.4 Å². The molecule has 0 bridgehead atoms. The Bertz CT molecular complexity index is 568. The Kier molecular flexibility index (Phi) is 1.16. The van der Waals surface area contributed by atoms with Crippen molar-refractivity contribution < 1.29 is 0 Å². The van der Waals surface area contributed by atoms with E-state index in [-0.39, 0.29) is 0 Å². The van der Waals surface area contributed by atoms with Crippen molar-refractivity contribution in [2.75, 3.05) is 0 Å². The van der Waals surface area contributed by atoms with Crippen molar-refractivity contribution in [2.24, 2.45) is 0 Å². The van der Waals surface area contributed by atoms with Gasteiger partial charge in [-0.1, -0.05) is 0 Å². The van der Waals surface area contributed by atoms with Crippen LogP contribution in [0, 0.1) is 0 Å². The lowest BCUT2D eigenvalue weighted by Crippen LogP contribution is -1.90. The highest BCUT2D eigenvalue weighted by molar-refractivity contribution is 5.74. The van der Waals surface area contributed by atoms with Crippen molar-refractivity contribution in [1.29, 1.82) is 0 Å². The summed E-state index contributed by atoms with van der Waals surface area (Å²) in [6.07, 6.45) is 5.60. The second-order valence-corrected chi connectivity index (χ2v) is 2.91. The van der Waals surface area contributed by atoms with Crippen LogP contribution in [0.2, 0.25) is 0 Å². The first-order chi connectivity index (χ1) is 6.45. The van der Waals surface area contributed by atoms with E-state index in [1.165, 1.54) is 0 Å². The van der Waals surface area contributed by atoms with Crippen LogP contribution in [0.1, 0.15) is 0 Å². The third-order valence-electron chi connectivity index (χ3n) is 2.13. The monoisotopic (exact) mass is 169 g/mol. The summed E-state index contributed by atoms with van der Waals surface area (Å²) in [7, 11) is 0. The molecule has 62 valence electrons. The van der Waals surface area contributed by atoms with Crippen molar-refractivity contribution in [3.05, 3.63) is 42.9 Å². The fourth-order valence-corrected chi connectivity index (χ4v) is 1.52. The molecule has 0 aliphatic carbocycles. The maximum Gasteiger partial charge on any atom is 0.176 e. The predicted molar refractivity (Wildman–Crippen MR) is 50.5 cm³/mol. The van der Waals surface area contributed by atoms with Gasteiger partial charge in [0.1, 0.15) is 0 Å². The van der Waals surface area contributed by atoms with Crippen LogP contribution >= 0.6 is 0 Å². The first kappa shape index (κ1) is 6.60. The van der Waals surface area contributed by atoms with Gasteiger partial charge in [-0.05, 0) is 24.3 Å². The van der Waals surface area contributed by atoms with Crippen LogP contribution in [0.15, 0.2) is 42.9 Å². The number of nitrogens with zero attached hydrogens (tertiary/aromatic N) is 3. The molecule has 0 spiro atoms. The van der Waals surface area contributed by atoms with Gasteiger partial charge >= 0.3 is 0 Å². The zero-order chi connectivity index (χ0) is 8.67. The Balaban J connectivity index is 2.65. The fourth-order valence-electron chi connectivity index (χ4n) is 1.52. The maximum absolute atomic E-state index is 4.25. The highest BCUT2D eigenvalue weighted by Crippen LogP contribution is 2.11. The average molecular weight is 169 g/mol. The third kappa shape index (κ3) is 0.839. The van der Waals surface area contributed by atoms with E-state index in [1.54, 1.807) is 6.20 Å². The van der Waals surface area contributed by atoms with Gasteiger partial charge < -0.3 is 4.40 Å². The number of aromatic nitrogens is 3. The van der Waals surface area contributed by atoms with Crippen LogP contribution in [0.3, 0.4) is 0 Å². The quantitative estimate of drug-likeness (QED) is 0.514. The normalized spacial score (nSPS) is 11.1. The van der Waals surface area contributed by atoms with Crippen LogP contribution in [0.4, 0.5) is 0 Å². The summed E-state index contributed by atoms with van der Waals surface area (Å²) < 4.78 is 2.08. The molecule has 0 N–H and O–H groups in total. The molecule has 0 aliphatic heterocycles. The van der Waals surface area contributed by atoms with Crippen LogP contribution in [0.25, 0.3) is 16.7 Å². The molecule has 0 radical (unpaired) electrons. The highest BCUT2D eigenvalue weighted by atomic mass is 15.0. The molecule has 0 saturated carbocycles. The van der Waals surface area contributed by atoms with Crippen molar-refractivity contribution >= 4 is 16.7 Å². The number of fused-ring (bicyclic) bond motifs is 3. The van der Waals surface area contributed by atoms with E-state index in [9.17, 15) is 0 Å². The van der Waals surface area contributed by atoms with E-state index in [4.69, 9.17) is 0 Å². The van der Waals surface area contributed by atoms with Crippen LogP contribution in [-0.2, 0) is 0 Å². The number of rotatable bonds is 0. The summed E-state index contributed by atoms with van der Waals surface area (Å²) in [5.41, 5.74) is 2.93. The molecule has 0 atom stereocenters. The second kappa shape index (κ2) is 2.29. The highest BCUT2D eigenvalue weighted by Gasteiger charge is 1.98. The zero-order valence-corrected chi connectivity index (χ0v) is 6.88. The summed E-state index contributed by atoms with van der Waals surface area (Å²) >= 11 is 0. The largest absolute Gasteiger partial charge is 0.312 e. The van der Waals surface area contributed by atoms with E-state index < -0.39 is 0 Å². The van der Waals surface area contributed by atoms with Crippen molar-refractivity contribution in [1.82, 2.24) is 14.4 Å². The van der Waals surface area contributed by atoms with Gasteiger partial charge in [-0.2, -0.15) is 0 Å². The molecular weight excluding hydrogens is 162 g/mol. The molecule has 3 aromatic rings. The topological polar surface area (TPSA) is 30.2 Å². The lowest BCUT2D eigenvalue weighted by atomic mass is 10.4. The average Bonchev–Trinajstić information content (AvgIpc) is 2.65. The fraction of sp³-hybridized carbons (Fsp3) is 0. The Labute approximate surface area is 74.7 Å². The molecule has 0 saturated heterocycles. The van der Waals surface area contributed by atoms with Gasteiger partial charge in [-0.3, -0.25) is 0 Å². The van der Waals surface area contributed by atoms with E-state index in [0.717, 1.165) is 16.7 Å². The minimum absolute atomic E-state index is 0.784. The summed E-state index contributed by atoms with van der Waals surface area (Å²) in [6, 6.07) is 7.97. The zero-order valence-electron chi connectivity index (χ0n) is 6.88. The Morgan fingerprint density at radius 3 is 3.08 bits per heavy atom. The van der Waals surface area contributed by atoms with Crippen molar-refractivity contribution in [3.63, 3.8) is 0 Å². The third-order valence-corrected chi connectivity index (χ3v) is 2.13. The van der Waals surface area contributed by atoms with E-state index >= 15 is 0 Å². The van der Waals surface area contributed by atoms with Gasteiger partial charge in [-0.15, -0.1) is 0 Å². The number of pyridine rings is 1. The Morgan fingerprint density at radius 2 is 2.08 bits per heavy atom.